The lowest BCUT2D eigenvalue weighted by Gasteiger charge is -2.26. The van der Waals surface area contributed by atoms with Crippen LogP contribution in [0.5, 0.6) is 5.75 Å². The predicted molar refractivity (Wildman–Crippen MR) is 79.5 cm³/mol. The molecule has 0 saturated carbocycles. The van der Waals surface area contributed by atoms with Gasteiger partial charge in [-0.25, -0.2) is 0 Å². The van der Waals surface area contributed by atoms with Crippen molar-refractivity contribution in [2.45, 2.75) is 25.0 Å². The van der Waals surface area contributed by atoms with E-state index in [-0.39, 0.29) is 18.6 Å². The number of carbonyl (C=O) groups excluding carboxylic acids is 1. The second kappa shape index (κ2) is 6.89. The lowest BCUT2D eigenvalue weighted by atomic mass is 9.97. The third-order valence-electron chi connectivity index (χ3n) is 3.73. The Balaban J connectivity index is 1.77. The molecule has 21 heavy (non-hydrogen) atoms. The number of hydrogen-bond donors (Lipinski definition) is 3. The van der Waals surface area contributed by atoms with Crippen LogP contribution >= 0.6 is 0 Å². The van der Waals surface area contributed by atoms with Crippen LogP contribution in [0.3, 0.4) is 0 Å². The summed E-state index contributed by atoms with van der Waals surface area (Å²) >= 11 is 0. The van der Waals surface area contributed by atoms with Crippen LogP contribution in [0.15, 0.2) is 24.3 Å². The summed E-state index contributed by atoms with van der Waals surface area (Å²) in [5.41, 5.74) is -0.214. The van der Waals surface area contributed by atoms with E-state index in [1.165, 1.54) is 0 Å². The van der Waals surface area contributed by atoms with Crippen molar-refractivity contribution in [1.29, 1.82) is 0 Å². The highest BCUT2D eigenvalue weighted by atomic mass is 16.5. The number of rotatable bonds is 6. The van der Waals surface area contributed by atoms with Gasteiger partial charge in [0.05, 0.1) is 19.8 Å². The first-order valence-electron chi connectivity index (χ1n) is 7.02. The van der Waals surface area contributed by atoms with Crippen LogP contribution in [-0.2, 0) is 9.53 Å². The highest BCUT2D eigenvalue weighted by Crippen LogP contribution is 2.24. The molecule has 1 aliphatic heterocycles. The van der Waals surface area contributed by atoms with Gasteiger partial charge in [0.15, 0.2) is 0 Å². The summed E-state index contributed by atoms with van der Waals surface area (Å²) in [4.78, 5) is 11.8. The van der Waals surface area contributed by atoms with Gasteiger partial charge in [0.2, 0.25) is 5.91 Å². The first-order valence-corrected chi connectivity index (χ1v) is 7.02. The third kappa shape index (κ3) is 4.17. The molecule has 0 aliphatic carbocycles. The molecule has 116 valence electrons. The van der Waals surface area contributed by atoms with Gasteiger partial charge >= 0.3 is 0 Å². The van der Waals surface area contributed by atoms with Crippen LogP contribution in [0.4, 0.5) is 5.69 Å². The Hall–Kier alpha value is -1.63. The molecule has 1 aliphatic rings. The molecule has 0 aromatic heterocycles. The molecule has 1 amide bonds. The molecule has 2 rings (SSSR count). The van der Waals surface area contributed by atoms with E-state index >= 15 is 0 Å². The highest BCUT2D eigenvalue weighted by Gasteiger charge is 2.39. The highest BCUT2D eigenvalue weighted by molar-refractivity contribution is 5.92. The van der Waals surface area contributed by atoms with E-state index in [9.17, 15) is 9.90 Å². The van der Waals surface area contributed by atoms with E-state index in [0.717, 1.165) is 0 Å². The fraction of sp³-hybridized carbons (Fsp3) is 0.533. The Bertz CT molecular complexity index is 494. The van der Waals surface area contributed by atoms with Crippen molar-refractivity contribution in [2.75, 3.05) is 32.1 Å². The van der Waals surface area contributed by atoms with Crippen LogP contribution < -0.4 is 15.4 Å². The topological polar surface area (TPSA) is 79.8 Å². The maximum atomic E-state index is 11.8. The van der Waals surface area contributed by atoms with Crippen molar-refractivity contribution < 1.29 is 19.4 Å². The number of amides is 1. The zero-order valence-electron chi connectivity index (χ0n) is 12.4. The van der Waals surface area contributed by atoms with Crippen LogP contribution in [0.25, 0.3) is 0 Å². The largest absolute Gasteiger partial charge is 0.497 e. The molecule has 0 spiro atoms. The first kappa shape index (κ1) is 15.8. The van der Waals surface area contributed by atoms with Crippen molar-refractivity contribution in [2.24, 2.45) is 0 Å². The Morgan fingerprint density at radius 1 is 1.57 bits per heavy atom. The van der Waals surface area contributed by atoms with Gasteiger partial charge in [-0.05, 0) is 19.1 Å². The first-order chi connectivity index (χ1) is 10.0. The van der Waals surface area contributed by atoms with Gasteiger partial charge < -0.3 is 25.2 Å². The van der Waals surface area contributed by atoms with Gasteiger partial charge in [-0.15, -0.1) is 0 Å². The smallest absolute Gasteiger partial charge is 0.238 e. The Kier molecular flexibility index (Phi) is 5.17. The summed E-state index contributed by atoms with van der Waals surface area (Å²) in [5.74, 6) is 0.519. The molecule has 1 aromatic carbocycles. The monoisotopic (exact) mass is 294 g/mol. The standard InChI is InChI=1S/C15H22N2O4/c1-11-15(19,6-7-21-11)10-16-9-14(18)17-12-4-3-5-13(8-12)20-2/h3-5,8,11,16,19H,6-7,9-10H2,1-2H3,(H,17,18). The molecule has 6 nitrogen and oxygen atoms in total. The molecule has 1 heterocycles. The number of aliphatic hydroxyl groups is 1. The minimum atomic E-state index is -0.893. The molecule has 1 fully saturated rings. The zero-order valence-corrected chi connectivity index (χ0v) is 12.4. The molecular weight excluding hydrogens is 272 g/mol. The van der Waals surface area contributed by atoms with Gasteiger partial charge in [0.25, 0.3) is 0 Å². The molecule has 0 radical (unpaired) electrons. The van der Waals surface area contributed by atoms with Gasteiger partial charge in [0, 0.05) is 31.3 Å². The van der Waals surface area contributed by atoms with Crippen molar-refractivity contribution in [3.8, 4) is 5.75 Å². The van der Waals surface area contributed by atoms with E-state index < -0.39 is 5.60 Å². The molecule has 6 heteroatoms. The number of hydrogen-bond acceptors (Lipinski definition) is 5. The number of nitrogens with one attached hydrogen (secondary N) is 2. The number of anilines is 1. The molecular formula is C15H22N2O4. The normalized spacial score (nSPS) is 24.8. The zero-order chi connectivity index (χ0) is 15.3. The minimum absolute atomic E-state index is 0.131. The third-order valence-corrected chi connectivity index (χ3v) is 3.73. The van der Waals surface area contributed by atoms with Gasteiger partial charge in [-0.2, -0.15) is 0 Å². The molecule has 0 bridgehead atoms. The van der Waals surface area contributed by atoms with Crippen LogP contribution in [0.1, 0.15) is 13.3 Å². The van der Waals surface area contributed by atoms with Crippen molar-refractivity contribution in [3.63, 3.8) is 0 Å². The van der Waals surface area contributed by atoms with Gasteiger partial charge in [-0.3, -0.25) is 4.79 Å². The van der Waals surface area contributed by atoms with E-state index in [1.54, 1.807) is 19.2 Å². The van der Waals surface area contributed by atoms with Crippen LogP contribution in [0.2, 0.25) is 0 Å². The number of methoxy groups -OCH3 is 1. The summed E-state index contributed by atoms with van der Waals surface area (Å²) < 4.78 is 10.4. The predicted octanol–water partition coefficient (Wildman–Crippen LogP) is 0.763. The molecule has 2 unspecified atom stereocenters. The van der Waals surface area contributed by atoms with E-state index in [2.05, 4.69) is 10.6 Å². The fourth-order valence-corrected chi connectivity index (χ4v) is 2.30. The Morgan fingerprint density at radius 2 is 2.38 bits per heavy atom. The maximum Gasteiger partial charge on any atom is 0.238 e. The maximum absolute atomic E-state index is 11.8. The number of ether oxygens (including phenoxy) is 2. The van der Waals surface area contributed by atoms with E-state index in [0.29, 0.717) is 31.0 Å². The molecule has 3 N–H and O–H groups in total. The average molecular weight is 294 g/mol. The van der Waals surface area contributed by atoms with Crippen LogP contribution in [-0.4, -0.2) is 49.5 Å². The lowest BCUT2D eigenvalue weighted by Crippen LogP contribution is -2.47. The molecule has 1 aromatic rings. The summed E-state index contributed by atoms with van der Waals surface area (Å²) in [6.07, 6.45) is 0.366. The quantitative estimate of drug-likeness (QED) is 0.722. The molecule has 2 atom stereocenters. The second-order valence-electron chi connectivity index (χ2n) is 5.25. The Morgan fingerprint density at radius 3 is 3.05 bits per heavy atom. The summed E-state index contributed by atoms with van der Waals surface area (Å²) in [6, 6.07) is 7.16. The Labute approximate surface area is 124 Å². The number of carbonyl (C=O) groups is 1. The summed E-state index contributed by atoms with van der Waals surface area (Å²) in [5, 5.41) is 16.0. The number of benzene rings is 1. The van der Waals surface area contributed by atoms with Gasteiger partial charge in [-0.1, -0.05) is 6.07 Å². The van der Waals surface area contributed by atoms with E-state index in [4.69, 9.17) is 9.47 Å². The van der Waals surface area contributed by atoms with Crippen molar-refractivity contribution >= 4 is 11.6 Å². The lowest BCUT2D eigenvalue weighted by molar-refractivity contribution is -0.115. The van der Waals surface area contributed by atoms with Crippen LogP contribution in [0, 0.1) is 0 Å². The SMILES string of the molecule is COc1cccc(NC(=O)CNCC2(O)CCOC2C)c1. The summed E-state index contributed by atoms with van der Waals surface area (Å²) in [7, 11) is 1.58. The molecule has 1 saturated heterocycles. The fourth-order valence-electron chi connectivity index (χ4n) is 2.30. The van der Waals surface area contributed by atoms with Crippen molar-refractivity contribution in [1.82, 2.24) is 5.32 Å². The minimum Gasteiger partial charge on any atom is -0.497 e. The second-order valence-corrected chi connectivity index (χ2v) is 5.25. The summed E-state index contributed by atoms with van der Waals surface area (Å²) in [6.45, 7) is 2.85. The average Bonchev–Trinajstić information content (AvgIpc) is 2.79. The van der Waals surface area contributed by atoms with Crippen molar-refractivity contribution in [3.05, 3.63) is 24.3 Å². The van der Waals surface area contributed by atoms with Gasteiger partial charge in [0.1, 0.15) is 11.4 Å². The van der Waals surface area contributed by atoms with E-state index in [1.807, 2.05) is 19.1 Å².